The van der Waals surface area contributed by atoms with Crippen LogP contribution in [0.4, 0.5) is 0 Å². The molecule has 4 fully saturated rings. The van der Waals surface area contributed by atoms with Crippen LogP contribution in [0.3, 0.4) is 0 Å². The maximum absolute atomic E-state index is 12.8. The van der Waals surface area contributed by atoms with Gasteiger partial charge in [-0.15, -0.1) is 0 Å². The van der Waals surface area contributed by atoms with Crippen LogP contribution in [0.2, 0.25) is 0 Å². The van der Waals surface area contributed by atoms with E-state index in [4.69, 9.17) is 18.9 Å². The number of hydrogen-bond donors (Lipinski definition) is 0. The third-order valence-corrected chi connectivity index (χ3v) is 16.5. The first-order valence-electron chi connectivity index (χ1n) is 29.2. The van der Waals surface area contributed by atoms with Crippen LogP contribution in [0.15, 0.2) is 107 Å². The molecule has 404 valence electrons. The van der Waals surface area contributed by atoms with E-state index in [0.29, 0.717) is 12.8 Å². The number of epoxide rings is 2. The summed E-state index contributed by atoms with van der Waals surface area (Å²) < 4.78 is 25.2. The summed E-state index contributed by atoms with van der Waals surface area (Å²) in [5.74, 6) is -0.106. The van der Waals surface area contributed by atoms with Crippen LogP contribution in [-0.2, 0) is 28.5 Å². The fourth-order valence-electron chi connectivity index (χ4n) is 12.1. The fraction of sp³-hybridized carbons (Fsp3) is 0.697. The summed E-state index contributed by atoms with van der Waals surface area (Å²) in [6.07, 6.45) is 59.1. The monoisotopic (exact) mass is 993 g/mol. The molecular weight excluding hydrogens is 889 g/mol. The Balaban J connectivity index is 1.14. The minimum Gasteiger partial charge on any atom is -0.462 e. The number of unbranched alkanes of at least 4 members (excludes halogenated alkanes) is 18. The molecule has 0 amide bonds. The molecule has 0 aromatic heterocycles. The summed E-state index contributed by atoms with van der Waals surface area (Å²) in [6, 6.07) is 0. The second-order valence-electron chi connectivity index (χ2n) is 24.2. The Morgan fingerprint density at radius 2 is 0.708 bits per heavy atom. The average molecular weight is 994 g/mol. The van der Waals surface area contributed by atoms with Gasteiger partial charge in [-0.2, -0.15) is 0 Å². The van der Waals surface area contributed by atoms with E-state index in [1.165, 1.54) is 103 Å². The first-order chi connectivity index (χ1) is 34.3. The highest BCUT2D eigenvalue weighted by atomic mass is 16.6. The van der Waals surface area contributed by atoms with Gasteiger partial charge in [-0.05, 0) is 79.4 Å². The van der Waals surface area contributed by atoms with Crippen molar-refractivity contribution in [2.24, 2.45) is 10.8 Å². The summed E-state index contributed by atoms with van der Waals surface area (Å²) in [5.41, 5.74) is 2.96. The standard InChI is InChI=1S/C66H104O6/c1-13-15-17-19-21-23-24-26-28-30-32-44-60(68)70-58-50-62(9,10)66(64(12,52-58)72-66)48-46-56(6)42-36-40-54(4)38-34-33-37-53(3)39-35-41-55(5)45-47-65-61(7,8)49-57(51-63(65,11)71-65)69-59(67)43-31-29-27-25-22-20-18-16-14-2/h33-42,45-48,57-58H,13-32,43-44,49-52H2,1-12H3/b34-33+,39-35+,40-36+,47-45+,48-46+,53-37+,54-38+,55-41+,56-42+/t57-,58-,63+,64+,65-,66-/m0/s1. The second kappa shape index (κ2) is 29.6. The van der Waals surface area contributed by atoms with Crippen molar-refractivity contribution >= 4 is 11.9 Å². The van der Waals surface area contributed by atoms with Gasteiger partial charge in [-0.3, -0.25) is 9.59 Å². The van der Waals surface area contributed by atoms with Crippen LogP contribution in [0.5, 0.6) is 0 Å². The molecule has 4 aliphatic rings. The van der Waals surface area contributed by atoms with Gasteiger partial charge in [0.15, 0.2) is 0 Å². The third kappa shape index (κ3) is 18.7. The molecule has 0 bridgehead atoms. The third-order valence-electron chi connectivity index (χ3n) is 16.5. The molecule has 0 spiro atoms. The normalized spacial score (nSPS) is 28.4. The molecule has 2 saturated heterocycles. The summed E-state index contributed by atoms with van der Waals surface area (Å²) in [6.45, 7) is 26.4. The highest BCUT2D eigenvalue weighted by Crippen LogP contribution is 2.67. The van der Waals surface area contributed by atoms with E-state index in [9.17, 15) is 9.59 Å². The Morgan fingerprint density at radius 1 is 0.417 bits per heavy atom. The molecule has 2 heterocycles. The number of esters is 2. The zero-order chi connectivity index (χ0) is 52.7. The van der Waals surface area contributed by atoms with E-state index >= 15 is 0 Å². The van der Waals surface area contributed by atoms with E-state index in [0.717, 1.165) is 73.7 Å². The van der Waals surface area contributed by atoms with Crippen LogP contribution < -0.4 is 0 Å². The van der Waals surface area contributed by atoms with E-state index in [-0.39, 0.29) is 57.4 Å². The van der Waals surface area contributed by atoms with Gasteiger partial charge >= 0.3 is 11.9 Å². The number of fused-ring (bicyclic) bond motifs is 2. The summed E-state index contributed by atoms with van der Waals surface area (Å²) >= 11 is 0. The van der Waals surface area contributed by atoms with Gasteiger partial charge in [0.05, 0.1) is 0 Å². The van der Waals surface area contributed by atoms with Crippen LogP contribution in [0.1, 0.15) is 250 Å². The van der Waals surface area contributed by atoms with Crippen molar-refractivity contribution in [3.63, 3.8) is 0 Å². The van der Waals surface area contributed by atoms with Gasteiger partial charge in [0.25, 0.3) is 0 Å². The van der Waals surface area contributed by atoms with Crippen molar-refractivity contribution in [3.8, 4) is 0 Å². The zero-order valence-corrected chi connectivity index (χ0v) is 48.1. The molecule has 72 heavy (non-hydrogen) atoms. The minimum absolute atomic E-state index is 0.0517. The molecule has 6 nitrogen and oxygen atoms in total. The topological polar surface area (TPSA) is 77.7 Å². The Morgan fingerprint density at radius 3 is 1.03 bits per heavy atom. The summed E-state index contributed by atoms with van der Waals surface area (Å²) in [4.78, 5) is 25.6. The van der Waals surface area contributed by atoms with Crippen LogP contribution in [0, 0.1) is 10.8 Å². The Hall–Kier alpha value is -3.48. The van der Waals surface area contributed by atoms with E-state index in [1.54, 1.807) is 0 Å². The fourth-order valence-corrected chi connectivity index (χ4v) is 12.1. The lowest BCUT2D eigenvalue weighted by atomic mass is 9.63. The molecule has 0 aromatic rings. The molecule has 0 radical (unpaired) electrons. The van der Waals surface area contributed by atoms with Crippen LogP contribution in [0.25, 0.3) is 0 Å². The predicted octanol–water partition coefficient (Wildman–Crippen LogP) is 18.7. The first kappa shape index (κ1) is 61.1. The lowest BCUT2D eigenvalue weighted by Crippen LogP contribution is -2.47. The summed E-state index contributed by atoms with van der Waals surface area (Å²) in [7, 11) is 0. The highest BCUT2D eigenvalue weighted by molar-refractivity contribution is 5.70. The number of rotatable bonds is 34. The lowest BCUT2D eigenvalue weighted by Gasteiger charge is -2.40. The van der Waals surface area contributed by atoms with Crippen molar-refractivity contribution in [2.75, 3.05) is 0 Å². The first-order valence-corrected chi connectivity index (χ1v) is 29.2. The minimum atomic E-state index is -0.358. The molecule has 2 aliphatic heterocycles. The molecule has 2 saturated carbocycles. The van der Waals surface area contributed by atoms with Gasteiger partial charge < -0.3 is 18.9 Å². The summed E-state index contributed by atoms with van der Waals surface area (Å²) in [5, 5.41) is 0. The zero-order valence-electron chi connectivity index (χ0n) is 48.1. The number of carbonyl (C=O) groups excluding carboxylic acids is 2. The quantitative estimate of drug-likeness (QED) is 0.0277. The van der Waals surface area contributed by atoms with Gasteiger partial charge in [-0.25, -0.2) is 0 Å². The number of ether oxygens (including phenoxy) is 4. The van der Waals surface area contributed by atoms with Crippen molar-refractivity contribution in [2.45, 2.75) is 285 Å². The van der Waals surface area contributed by atoms with Gasteiger partial charge in [0.2, 0.25) is 0 Å². The molecule has 6 atom stereocenters. The molecule has 0 aromatic carbocycles. The molecule has 2 aliphatic carbocycles. The SMILES string of the molecule is CCCCCCCCCCCCCC(=O)O[C@H]1CC(C)(C)[C@]2(/C=C/C(C)=C/C=C/C(C)=C/C=C/C=C(C)/C=C/C=C(C)/C=C/[C@@]34O[C@]3(C)C[C@@H](OC(=O)CCCCCCCCCCC)CC4(C)C)O[C@]2(C)C1. The molecule has 6 heteroatoms. The van der Waals surface area contributed by atoms with Crippen LogP contribution >= 0.6 is 0 Å². The lowest BCUT2D eigenvalue weighted by molar-refractivity contribution is -0.153. The number of hydrogen-bond acceptors (Lipinski definition) is 6. The number of allylic oxidation sites excluding steroid dienone is 16. The van der Waals surface area contributed by atoms with Crippen molar-refractivity contribution in [1.82, 2.24) is 0 Å². The molecule has 0 unspecified atom stereocenters. The van der Waals surface area contributed by atoms with Crippen molar-refractivity contribution in [1.29, 1.82) is 0 Å². The van der Waals surface area contributed by atoms with Gasteiger partial charge in [0, 0.05) is 36.5 Å². The van der Waals surface area contributed by atoms with Crippen LogP contribution in [-0.4, -0.2) is 46.6 Å². The van der Waals surface area contributed by atoms with Crippen molar-refractivity contribution in [3.05, 3.63) is 107 Å². The molecule has 4 rings (SSSR count). The molecular formula is C66H104O6. The Bertz CT molecular complexity index is 1980. The largest absolute Gasteiger partial charge is 0.462 e. The number of carbonyl (C=O) groups is 2. The Labute approximate surface area is 441 Å². The second-order valence-corrected chi connectivity index (χ2v) is 24.2. The van der Waals surface area contributed by atoms with E-state index in [2.05, 4.69) is 168 Å². The van der Waals surface area contributed by atoms with E-state index < -0.39 is 0 Å². The average Bonchev–Trinajstić information content (AvgIpc) is 4.16. The molecule has 0 N–H and O–H groups in total. The maximum Gasteiger partial charge on any atom is 0.306 e. The maximum atomic E-state index is 12.8. The predicted molar refractivity (Wildman–Crippen MR) is 304 cm³/mol. The van der Waals surface area contributed by atoms with Crippen molar-refractivity contribution < 1.29 is 28.5 Å². The van der Waals surface area contributed by atoms with Gasteiger partial charge in [-0.1, -0.05) is 252 Å². The Kier molecular flexibility index (Phi) is 25.1. The van der Waals surface area contributed by atoms with E-state index in [1.807, 2.05) is 0 Å². The smallest absolute Gasteiger partial charge is 0.306 e. The highest BCUT2D eigenvalue weighted by Gasteiger charge is 2.76. The van der Waals surface area contributed by atoms with Gasteiger partial charge in [0.1, 0.15) is 34.6 Å².